The lowest BCUT2D eigenvalue weighted by Crippen LogP contribution is -2.29. The highest BCUT2D eigenvalue weighted by atomic mass is 16.5. The number of hydrogen-bond donors (Lipinski definition) is 2. The first-order valence-electron chi connectivity index (χ1n) is 7.68. The molecule has 2 atom stereocenters. The maximum atomic E-state index is 12.1. The summed E-state index contributed by atoms with van der Waals surface area (Å²) in [6.07, 6.45) is 2.46. The van der Waals surface area contributed by atoms with Crippen LogP contribution in [0.25, 0.3) is 0 Å². The molecule has 6 nitrogen and oxygen atoms in total. The lowest BCUT2D eigenvalue weighted by molar-refractivity contribution is -0.125. The average Bonchev–Trinajstić information content (AvgIpc) is 3.23. The van der Waals surface area contributed by atoms with Crippen LogP contribution in [0.3, 0.4) is 0 Å². The van der Waals surface area contributed by atoms with Crippen molar-refractivity contribution in [2.24, 2.45) is 0 Å². The van der Waals surface area contributed by atoms with Crippen LogP contribution >= 0.6 is 0 Å². The number of carbonyl (C=O) groups is 2. The van der Waals surface area contributed by atoms with E-state index in [0.717, 1.165) is 25.7 Å². The first kappa shape index (κ1) is 15.0. The molecule has 1 aromatic carbocycles. The Bertz CT molecular complexity index is 500. The second-order valence-corrected chi connectivity index (χ2v) is 5.53. The molecule has 2 aliphatic heterocycles. The van der Waals surface area contributed by atoms with Crippen LogP contribution in [0.4, 0.5) is 11.4 Å². The van der Waals surface area contributed by atoms with Gasteiger partial charge in [-0.1, -0.05) is 12.1 Å². The number of benzene rings is 1. The molecule has 1 aromatic rings. The van der Waals surface area contributed by atoms with Gasteiger partial charge < -0.3 is 20.1 Å². The summed E-state index contributed by atoms with van der Waals surface area (Å²) in [5, 5.41) is 5.66. The van der Waals surface area contributed by atoms with Crippen molar-refractivity contribution < 1.29 is 19.1 Å². The largest absolute Gasteiger partial charge is 0.368 e. The second-order valence-electron chi connectivity index (χ2n) is 5.53. The van der Waals surface area contributed by atoms with Crippen molar-refractivity contribution in [1.82, 2.24) is 0 Å². The summed E-state index contributed by atoms with van der Waals surface area (Å²) in [5.41, 5.74) is 1.16. The van der Waals surface area contributed by atoms with Crippen molar-refractivity contribution >= 4 is 23.2 Å². The summed E-state index contributed by atoms with van der Waals surface area (Å²) in [6, 6.07) is 7.15. The highest BCUT2D eigenvalue weighted by Gasteiger charge is 2.26. The SMILES string of the molecule is O=C(Nc1ccccc1NC(=O)[C@H]1CCCO1)[C@@H]1CCCO1. The van der Waals surface area contributed by atoms with Crippen molar-refractivity contribution in [2.75, 3.05) is 23.8 Å². The zero-order chi connectivity index (χ0) is 15.4. The lowest BCUT2D eigenvalue weighted by atomic mass is 10.2. The van der Waals surface area contributed by atoms with Gasteiger partial charge in [-0.25, -0.2) is 0 Å². The van der Waals surface area contributed by atoms with E-state index in [1.54, 1.807) is 12.1 Å². The zero-order valence-electron chi connectivity index (χ0n) is 12.3. The van der Waals surface area contributed by atoms with Gasteiger partial charge in [0.2, 0.25) is 0 Å². The Hall–Kier alpha value is -1.92. The number of nitrogens with one attached hydrogen (secondary N) is 2. The highest BCUT2D eigenvalue weighted by molar-refractivity contribution is 6.02. The Morgan fingerprint density at radius 3 is 1.68 bits per heavy atom. The van der Waals surface area contributed by atoms with Gasteiger partial charge in [0.15, 0.2) is 0 Å². The summed E-state index contributed by atoms with van der Waals surface area (Å²) in [6.45, 7) is 1.24. The molecule has 22 heavy (non-hydrogen) atoms. The first-order chi connectivity index (χ1) is 10.7. The van der Waals surface area contributed by atoms with Crippen LogP contribution in [0.1, 0.15) is 25.7 Å². The normalized spacial score (nSPS) is 24.2. The van der Waals surface area contributed by atoms with Gasteiger partial charge in [0.1, 0.15) is 12.2 Å². The van der Waals surface area contributed by atoms with Gasteiger partial charge in [-0.15, -0.1) is 0 Å². The molecular formula is C16H20N2O4. The zero-order valence-corrected chi connectivity index (χ0v) is 12.3. The molecule has 118 valence electrons. The maximum absolute atomic E-state index is 12.1. The number of hydrogen-bond acceptors (Lipinski definition) is 4. The summed E-state index contributed by atoms with van der Waals surface area (Å²) in [5.74, 6) is -0.340. The van der Waals surface area contributed by atoms with Crippen LogP contribution < -0.4 is 10.6 Å². The predicted molar refractivity (Wildman–Crippen MR) is 81.6 cm³/mol. The summed E-state index contributed by atoms with van der Waals surface area (Å²) < 4.78 is 10.7. The molecule has 2 N–H and O–H groups in total. The number of anilines is 2. The van der Waals surface area contributed by atoms with Crippen molar-refractivity contribution in [3.05, 3.63) is 24.3 Å². The number of carbonyl (C=O) groups excluding carboxylic acids is 2. The third kappa shape index (κ3) is 3.45. The molecule has 2 saturated heterocycles. The van der Waals surface area contributed by atoms with Crippen LogP contribution in [-0.4, -0.2) is 37.2 Å². The smallest absolute Gasteiger partial charge is 0.253 e. The monoisotopic (exact) mass is 304 g/mol. The van der Waals surface area contributed by atoms with Gasteiger partial charge in [-0.3, -0.25) is 9.59 Å². The van der Waals surface area contributed by atoms with E-state index >= 15 is 0 Å². The highest BCUT2D eigenvalue weighted by Crippen LogP contribution is 2.24. The van der Waals surface area contributed by atoms with E-state index < -0.39 is 12.2 Å². The molecule has 2 heterocycles. The maximum Gasteiger partial charge on any atom is 0.253 e. The third-order valence-corrected chi connectivity index (χ3v) is 3.89. The molecule has 0 aliphatic carbocycles. The molecule has 2 aliphatic rings. The van der Waals surface area contributed by atoms with Crippen molar-refractivity contribution in [3.63, 3.8) is 0 Å². The number of para-hydroxylation sites is 2. The first-order valence-corrected chi connectivity index (χ1v) is 7.68. The van der Waals surface area contributed by atoms with Gasteiger partial charge in [-0.2, -0.15) is 0 Å². The van der Waals surface area contributed by atoms with Gasteiger partial charge in [0, 0.05) is 13.2 Å². The second kappa shape index (κ2) is 6.89. The van der Waals surface area contributed by atoms with Crippen LogP contribution in [0.5, 0.6) is 0 Å². The molecule has 0 unspecified atom stereocenters. The molecule has 0 radical (unpaired) electrons. The standard InChI is InChI=1S/C16H20N2O4/c19-15(13-7-3-9-21-13)17-11-5-1-2-6-12(11)18-16(20)14-8-4-10-22-14/h1-2,5-6,13-14H,3-4,7-10H2,(H,17,19)(H,18,20)/t13-,14+. The predicted octanol–water partition coefficient (Wildman–Crippen LogP) is 1.92. The van der Waals surface area contributed by atoms with E-state index in [-0.39, 0.29) is 11.8 Å². The quantitative estimate of drug-likeness (QED) is 0.891. The Morgan fingerprint density at radius 1 is 0.864 bits per heavy atom. The van der Waals surface area contributed by atoms with E-state index in [2.05, 4.69) is 10.6 Å². The minimum atomic E-state index is -0.401. The molecule has 0 bridgehead atoms. The summed E-state index contributed by atoms with van der Waals surface area (Å²) in [4.78, 5) is 24.3. The van der Waals surface area contributed by atoms with Crippen molar-refractivity contribution in [1.29, 1.82) is 0 Å². The fraction of sp³-hybridized carbons (Fsp3) is 0.500. The Morgan fingerprint density at radius 2 is 1.32 bits per heavy atom. The Labute approximate surface area is 129 Å². The van der Waals surface area contributed by atoms with Gasteiger partial charge >= 0.3 is 0 Å². The molecule has 3 rings (SSSR count). The van der Waals surface area contributed by atoms with Gasteiger partial charge in [-0.05, 0) is 37.8 Å². The van der Waals surface area contributed by atoms with Gasteiger partial charge in [0.05, 0.1) is 11.4 Å². The third-order valence-electron chi connectivity index (χ3n) is 3.89. The van der Waals surface area contributed by atoms with Crippen LogP contribution in [-0.2, 0) is 19.1 Å². The van der Waals surface area contributed by atoms with Gasteiger partial charge in [0.25, 0.3) is 11.8 Å². The van der Waals surface area contributed by atoms with E-state index in [4.69, 9.17) is 9.47 Å². The molecule has 6 heteroatoms. The number of ether oxygens (including phenoxy) is 2. The van der Waals surface area contributed by atoms with E-state index in [1.807, 2.05) is 12.1 Å². The van der Waals surface area contributed by atoms with Crippen molar-refractivity contribution in [2.45, 2.75) is 37.9 Å². The van der Waals surface area contributed by atoms with Crippen LogP contribution in [0, 0.1) is 0 Å². The minimum Gasteiger partial charge on any atom is -0.368 e. The topological polar surface area (TPSA) is 76.7 Å². The molecule has 2 fully saturated rings. The molecular weight excluding hydrogens is 284 g/mol. The molecule has 0 aromatic heterocycles. The minimum absolute atomic E-state index is 0.170. The molecule has 0 saturated carbocycles. The fourth-order valence-electron chi connectivity index (χ4n) is 2.70. The van der Waals surface area contributed by atoms with Crippen molar-refractivity contribution in [3.8, 4) is 0 Å². The molecule has 2 amide bonds. The van der Waals surface area contributed by atoms with E-state index in [1.165, 1.54) is 0 Å². The summed E-state index contributed by atoms with van der Waals surface area (Å²) in [7, 11) is 0. The Kier molecular flexibility index (Phi) is 4.70. The Balaban J connectivity index is 1.66. The summed E-state index contributed by atoms with van der Waals surface area (Å²) >= 11 is 0. The number of amides is 2. The van der Waals surface area contributed by atoms with Crippen LogP contribution in [0.2, 0.25) is 0 Å². The number of rotatable bonds is 4. The fourth-order valence-corrected chi connectivity index (χ4v) is 2.70. The van der Waals surface area contributed by atoms with E-state index in [9.17, 15) is 9.59 Å². The molecule has 0 spiro atoms. The van der Waals surface area contributed by atoms with Crippen LogP contribution in [0.15, 0.2) is 24.3 Å². The van der Waals surface area contributed by atoms with E-state index in [0.29, 0.717) is 24.6 Å². The average molecular weight is 304 g/mol. The lowest BCUT2D eigenvalue weighted by Gasteiger charge is -2.16.